The SMILES string of the molecule is Cc1cc(COc2ccc(C(=O)NC3(CC(=O)NO)CCN(COC(=O)N4CCCC4)CC3)cc2)c2ccccc2n1. The molecule has 3 heterocycles. The summed E-state index contributed by atoms with van der Waals surface area (Å²) < 4.78 is 11.5. The van der Waals surface area contributed by atoms with Crippen molar-refractivity contribution in [1.29, 1.82) is 0 Å². The monoisotopic (exact) mass is 575 g/mol. The molecule has 11 heteroatoms. The van der Waals surface area contributed by atoms with Crippen molar-refractivity contribution >= 4 is 28.8 Å². The first-order chi connectivity index (χ1) is 20.3. The normalized spacial score (nSPS) is 16.7. The number of aromatic nitrogens is 1. The summed E-state index contributed by atoms with van der Waals surface area (Å²) in [5.41, 5.74) is 4.12. The number of nitrogens with one attached hydrogen (secondary N) is 2. The Labute approximate surface area is 244 Å². The van der Waals surface area contributed by atoms with Crippen molar-refractivity contribution in [3.8, 4) is 5.75 Å². The second-order valence-electron chi connectivity index (χ2n) is 11.1. The lowest BCUT2D eigenvalue weighted by molar-refractivity contribution is -0.131. The van der Waals surface area contributed by atoms with Crippen LogP contribution in [0.3, 0.4) is 0 Å². The highest BCUT2D eigenvalue weighted by Crippen LogP contribution is 2.27. The van der Waals surface area contributed by atoms with Crippen molar-refractivity contribution < 1.29 is 29.1 Å². The second kappa shape index (κ2) is 13.2. The Kier molecular flexibility index (Phi) is 9.19. The van der Waals surface area contributed by atoms with Crippen molar-refractivity contribution in [3.63, 3.8) is 0 Å². The molecule has 2 aromatic carbocycles. The standard InChI is InChI=1S/C31H37N5O6/c1-22-18-24(26-6-2-3-7-27(26)32-22)20-41-25-10-8-23(9-11-25)29(38)33-31(19-28(37)34-40)12-16-35(17-13-31)21-42-30(39)36-14-4-5-15-36/h2-3,6-11,18,40H,4-5,12-17,19-21H2,1H3,(H,33,38)(H,34,37). The first kappa shape index (κ1) is 29.3. The maximum absolute atomic E-state index is 13.3. The van der Waals surface area contributed by atoms with E-state index in [1.54, 1.807) is 34.6 Å². The number of aryl methyl sites for hydroxylation is 1. The Balaban J connectivity index is 1.18. The Bertz CT molecular complexity index is 1420. The number of hydrogen-bond donors (Lipinski definition) is 3. The third-order valence-electron chi connectivity index (χ3n) is 7.99. The third-order valence-corrected chi connectivity index (χ3v) is 7.99. The highest BCUT2D eigenvalue weighted by molar-refractivity contribution is 5.95. The van der Waals surface area contributed by atoms with Crippen LogP contribution in [0.4, 0.5) is 4.79 Å². The summed E-state index contributed by atoms with van der Waals surface area (Å²) in [6.45, 7) is 4.94. The van der Waals surface area contributed by atoms with Crippen molar-refractivity contribution in [1.82, 2.24) is 25.6 Å². The highest BCUT2D eigenvalue weighted by Gasteiger charge is 2.38. The lowest BCUT2D eigenvalue weighted by Gasteiger charge is -2.41. The number of benzene rings is 2. The van der Waals surface area contributed by atoms with Gasteiger partial charge in [0.2, 0.25) is 5.91 Å². The van der Waals surface area contributed by atoms with E-state index in [2.05, 4.69) is 10.3 Å². The number of ether oxygens (including phenoxy) is 2. The summed E-state index contributed by atoms with van der Waals surface area (Å²) >= 11 is 0. The van der Waals surface area contributed by atoms with Gasteiger partial charge in [-0.2, -0.15) is 0 Å². The summed E-state index contributed by atoms with van der Waals surface area (Å²) in [4.78, 5) is 45.9. The quantitative estimate of drug-likeness (QED) is 0.259. The molecule has 0 aliphatic carbocycles. The summed E-state index contributed by atoms with van der Waals surface area (Å²) in [5.74, 6) is -0.278. The van der Waals surface area contributed by atoms with Gasteiger partial charge in [-0.3, -0.25) is 24.7 Å². The van der Waals surface area contributed by atoms with Crippen LogP contribution in [0.15, 0.2) is 54.6 Å². The molecule has 5 rings (SSSR count). The summed E-state index contributed by atoms with van der Waals surface area (Å²) in [7, 11) is 0. The van der Waals surface area contributed by atoms with Crippen molar-refractivity contribution in [2.45, 2.75) is 51.2 Å². The van der Waals surface area contributed by atoms with Gasteiger partial charge in [0.15, 0.2) is 0 Å². The number of carbonyl (C=O) groups excluding carboxylic acids is 3. The molecule has 222 valence electrons. The number of fused-ring (bicyclic) bond motifs is 1. The average Bonchev–Trinajstić information content (AvgIpc) is 3.55. The molecule has 2 aliphatic heterocycles. The molecule has 2 aliphatic rings. The van der Waals surface area contributed by atoms with Crippen molar-refractivity contribution in [3.05, 3.63) is 71.4 Å². The first-order valence-electron chi connectivity index (χ1n) is 14.3. The van der Waals surface area contributed by atoms with E-state index in [4.69, 9.17) is 14.7 Å². The molecule has 3 aromatic rings. The van der Waals surface area contributed by atoms with Gasteiger partial charge >= 0.3 is 6.09 Å². The molecular weight excluding hydrogens is 538 g/mol. The molecule has 0 spiro atoms. The molecule has 0 radical (unpaired) electrons. The fraction of sp³-hybridized carbons (Fsp3) is 0.419. The van der Waals surface area contributed by atoms with Gasteiger partial charge in [-0.1, -0.05) is 18.2 Å². The lowest BCUT2D eigenvalue weighted by atomic mass is 9.83. The van der Waals surface area contributed by atoms with E-state index in [0.29, 0.717) is 43.9 Å². The van der Waals surface area contributed by atoms with Gasteiger partial charge in [-0.25, -0.2) is 10.3 Å². The Morgan fingerprint density at radius 2 is 1.71 bits per heavy atom. The van der Waals surface area contributed by atoms with E-state index in [1.807, 2.05) is 42.2 Å². The molecule has 42 heavy (non-hydrogen) atoms. The zero-order valence-electron chi connectivity index (χ0n) is 23.8. The minimum atomic E-state index is -0.852. The number of hydrogen-bond acceptors (Lipinski definition) is 8. The zero-order valence-corrected chi connectivity index (χ0v) is 23.8. The van der Waals surface area contributed by atoms with Gasteiger partial charge in [0, 0.05) is 48.4 Å². The number of para-hydroxylation sites is 1. The van der Waals surface area contributed by atoms with Crippen LogP contribution in [0, 0.1) is 6.92 Å². The van der Waals surface area contributed by atoms with E-state index in [-0.39, 0.29) is 25.2 Å². The number of amides is 3. The minimum Gasteiger partial charge on any atom is -0.489 e. The van der Waals surface area contributed by atoms with Crippen molar-refractivity contribution in [2.24, 2.45) is 0 Å². The van der Waals surface area contributed by atoms with E-state index < -0.39 is 11.4 Å². The number of nitrogens with zero attached hydrogens (tertiary/aromatic N) is 3. The van der Waals surface area contributed by atoms with Crippen LogP contribution in [0.5, 0.6) is 5.75 Å². The predicted octanol–water partition coefficient (Wildman–Crippen LogP) is 3.77. The molecule has 11 nitrogen and oxygen atoms in total. The van der Waals surface area contributed by atoms with E-state index in [9.17, 15) is 14.4 Å². The Morgan fingerprint density at radius 3 is 2.43 bits per heavy atom. The first-order valence-corrected chi connectivity index (χ1v) is 14.3. The van der Waals surface area contributed by atoms with Gasteiger partial charge in [0.1, 0.15) is 19.1 Å². The molecule has 2 saturated heterocycles. The minimum absolute atomic E-state index is 0.0723. The molecule has 0 atom stereocenters. The molecule has 0 unspecified atom stereocenters. The van der Waals surface area contributed by atoms with Crippen molar-refractivity contribution in [2.75, 3.05) is 32.9 Å². The Morgan fingerprint density at radius 1 is 1.00 bits per heavy atom. The van der Waals surface area contributed by atoms with Gasteiger partial charge < -0.3 is 19.7 Å². The van der Waals surface area contributed by atoms with E-state index in [1.165, 1.54) is 0 Å². The van der Waals surface area contributed by atoms with Crippen LogP contribution in [-0.4, -0.2) is 76.3 Å². The van der Waals surface area contributed by atoms with Gasteiger partial charge in [0.05, 0.1) is 17.5 Å². The molecule has 3 N–H and O–H groups in total. The smallest absolute Gasteiger partial charge is 0.411 e. The highest BCUT2D eigenvalue weighted by atomic mass is 16.6. The topological polar surface area (TPSA) is 133 Å². The molecular formula is C31H37N5O6. The molecule has 2 fully saturated rings. The maximum Gasteiger partial charge on any atom is 0.411 e. The van der Waals surface area contributed by atoms with Crippen LogP contribution in [-0.2, 0) is 16.1 Å². The largest absolute Gasteiger partial charge is 0.489 e. The summed E-state index contributed by atoms with van der Waals surface area (Å²) in [6.07, 6.45) is 2.51. The van der Waals surface area contributed by atoms with Crippen LogP contribution in [0.2, 0.25) is 0 Å². The molecule has 0 bridgehead atoms. The number of pyridine rings is 1. The van der Waals surface area contributed by atoms with E-state index in [0.717, 1.165) is 48.1 Å². The van der Waals surface area contributed by atoms with Gasteiger partial charge in [-0.15, -0.1) is 0 Å². The third kappa shape index (κ3) is 7.15. The van der Waals surface area contributed by atoms with Crippen LogP contribution < -0.4 is 15.5 Å². The average molecular weight is 576 g/mol. The van der Waals surface area contributed by atoms with Gasteiger partial charge in [-0.05, 0) is 69.0 Å². The van der Waals surface area contributed by atoms with Crippen LogP contribution >= 0.6 is 0 Å². The summed E-state index contributed by atoms with van der Waals surface area (Å²) in [5, 5.41) is 13.2. The van der Waals surface area contributed by atoms with Crippen LogP contribution in [0.1, 0.15) is 53.7 Å². The number of piperidine rings is 1. The summed E-state index contributed by atoms with van der Waals surface area (Å²) in [6, 6.07) is 16.8. The predicted molar refractivity (Wildman–Crippen MR) is 155 cm³/mol. The number of rotatable bonds is 9. The maximum atomic E-state index is 13.3. The molecule has 0 saturated carbocycles. The lowest BCUT2D eigenvalue weighted by Crippen LogP contribution is -2.57. The van der Waals surface area contributed by atoms with E-state index >= 15 is 0 Å². The number of carbonyl (C=O) groups is 3. The Hall–Kier alpha value is -4.22. The van der Waals surface area contributed by atoms with Crippen LogP contribution in [0.25, 0.3) is 10.9 Å². The number of hydroxylamine groups is 1. The molecule has 1 aromatic heterocycles. The van der Waals surface area contributed by atoms with Gasteiger partial charge in [0.25, 0.3) is 5.91 Å². The fourth-order valence-electron chi connectivity index (χ4n) is 5.63. The second-order valence-corrected chi connectivity index (χ2v) is 11.1. The zero-order chi connectivity index (χ0) is 29.5. The number of likely N-dealkylation sites (tertiary alicyclic amines) is 2. The fourth-order valence-corrected chi connectivity index (χ4v) is 5.63. The molecule has 3 amide bonds.